The van der Waals surface area contributed by atoms with Crippen LogP contribution in [-0.2, 0) is 19.4 Å². The van der Waals surface area contributed by atoms with Crippen molar-refractivity contribution in [2.75, 3.05) is 31.1 Å². The summed E-state index contributed by atoms with van der Waals surface area (Å²) in [7, 11) is -3.02. The Balaban J connectivity index is 1.82. The van der Waals surface area contributed by atoms with E-state index < -0.39 is 9.84 Å². The molecule has 0 saturated carbocycles. The van der Waals surface area contributed by atoms with Gasteiger partial charge in [-0.15, -0.1) is 0 Å². The Kier molecular flexibility index (Phi) is 4.64. The first-order chi connectivity index (χ1) is 9.35. The highest BCUT2D eigenvalue weighted by atomic mass is 32.2. The van der Waals surface area contributed by atoms with Gasteiger partial charge >= 0.3 is 0 Å². The number of amides is 2. The number of carbonyl (C=O) groups excluding carboxylic acids is 2. The molecule has 0 spiro atoms. The van der Waals surface area contributed by atoms with Crippen LogP contribution in [0.3, 0.4) is 0 Å². The summed E-state index contributed by atoms with van der Waals surface area (Å²) in [6.45, 7) is 3.00. The first-order valence-electron chi connectivity index (χ1n) is 6.84. The maximum absolute atomic E-state index is 12.1. The van der Waals surface area contributed by atoms with Gasteiger partial charge in [0.1, 0.15) is 0 Å². The third-order valence-electron chi connectivity index (χ3n) is 3.67. The third kappa shape index (κ3) is 4.17. The summed E-state index contributed by atoms with van der Waals surface area (Å²) in [6.07, 6.45) is 0.952. The second-order valence-electron chi connectivity index (χ2n) is 5.50. The van der Waals surface area contributed by atoms with Crippen molar-refractivity contribution in [1.82, 2.24) is 15.5 Å². The molecule has 8 heteroatoms. The average Bonchev–Trinajstić information content (AvgIpc) is 2.75. The van der Waals surface area contributed by atoms with Gasteiger partial charge in [0.15, 0.2) is 9.84 Å². The molecule has 2 heterocycles. The Morgan fingerprint density at radius 3 is 2.80 bits per heavy atom. The number of likely N-dealkylation sites (tertiary alicyclic amines) is 1. The molecule has 2 atom stereocenters. The minimum Gasteiger partial charge on any atom is -0.352 e. The summed E-state index contributed by atoms with van der Waals surface area (Å²) in [6, 6.07) is -0.277. The lowest BCUT2D eigenvalue weighted by molar-refractivity contribution is -0.131. The molecule has 2 fully saturated rings. The number of rotatable bonds is 3. The van der Waals surface area contributed by atoms with Gasteiger partial charge in [-0.2, -0.15) is 0 Å². The molecule has 2 unspecified atom stereocenters. The third-order valence-corrected chi connectivity index (χ3v) is 5.41. The first-order valence-corrected chi connectivity index (χ1v) is 8.66. The molecular weight excluding hydrogens is 282 g/mol. The van der Waals surface area contributed by atoms with Gasteiger partial charge in [0.05, 0.1) is 11.5 Å². The molecule has 2 aliphatic rings. The van der Waals surface area contributed by atoms with Crippen molar-refractivity contribution in [3.05, 3.63) is 0 Å². The Morgan fingerprint density at radius 2 is 2.15 bits per heavy atom. The fraction of sp³-hybridized carbons (Fsp3) is 0.833. The van der Waals surface area contributed by atoms with Gasteiger partial charge in [0, 0.05) is 45.1 Å². The standard InChI is InChI=1S/C12H21N3O4S/c1-9(16)14-10-2-4-15(7-10)12(17)6-11-8-20(18,19)5-3-13-11/h10-11,13H,2-8H2,1H3,(H,14,16). The molecule has 0 aliphatic carbocycles. The first kappa shape index (κ1) is 15.2. The van der Waals surface area contributed by atoms with Gasteiger partial charge in [-0.1, -0.05) is 0 Å². The number of nitrogens with one attached hydrogen (secondary N) is 2. The van der Waals surface area contributed by atoms with E-state index >= 15 is 0 Å². The van der Waals surface area contributed by atoms with Crippen molar-refractivity contribution in [3.63, 3.8) is 0 Å². The molecule has 2 aliphatic heterocycles. The van der Waals surface area contributed by atoms with Crippen LogP contribution in [0.25, 0.3) is 0 Å². The molecule has 0 aromatic heterocycles. The van der Waals surface area contributed by atoms with Gasteiger partial charge in [-0.25, -0.2) is 8.42 Å². The molecule has 2 N–H and O–H groups in total. The van der Waals surface area contributed by atoms with Crippen molar-refractivity contribution in [3.8, 4) is 0 Å². The lowest BCUT2D eigenvalue weighted by Crippen LogP contribution is -2.48. The molecule has 0 bridgehead atoms. The SMILES string of the molecule is CC(=O)NC1CCN(C(=O)CC2CS(=O)(=O)CCN2)C1. The van der Waals surface area contributed by atoms with Crippen molar-refractivity contribution in [2.24, 2.45) is 0 Å². The van der Waals surface area contributed by atoms with Crippen LogP contribution in [-0.4, -0.2) is 68.4 Å². The van der Waals surface area contributed by atoms with E-state index in [1.165, 1.54) is 6.92 Å². The van der Waals surface area contributed by atoms with Crippen LogP contribution in [0.2, 0.25) is 0 Å². The predicted molar refractivity (Wildman–Crippen MR) is 73.9 cm³/mol. The number of hydrogen-bond acceptors (Lipinski definition) is 5. The fourth-order valence-corrected chi connectivity index (χ4v) is 4.17. The molecule has 7 nitrogen and oxygen atoms in total. The van der Waals surface area contributed by atoms with Gasteiger partial charge in [0.2, 0.25) is 11.8 Å². The van der Waals surface area contributed by atoms with Gasteiger partial charge in [-0.3, -0.25) is 9.59 Å². The molecule has 0 radical (unpaired) electrons. The maximum atomic E-state index is 12.1. The smallest absolute Gasteiger partial charge is 0.224 e. The van der Waals surface area contributed by atoms with Crippen molar-refractivity contribution in [1.29, 1.82) is 0 Å². The zero-order chi connectivity index (χ0) is 14.8. The van der Waals surface area contributed by atoms with Crippen LogP contribution in [0.1, 0.15) is 19.8 Å². The van der Waals surface area contributed by atoms with E-state index in [9.17, 15) is 18.0 Å². The quantitative estimate of drug-likeness (QED) is 0.661. The van der Waals surface area contributed by atoms with Crippen molar-refractivity contribution >= 4 is 21.7 Å². The highest BCUT2D eigenvalue weighted by Gasteiger charge is 2.31. The average molecular weight is 303 g/mol. The van der Waals surface area contributed by atoms with Crippen LogP contribution >= 0.6 is 0 Å². The predicted octanol–water partition coefficient (Wildman–Crippen LogP) is -1.50. The summed E-state index contributed by atoms with van der Waals surface area (Å²) in [4.78, 5) is 24.8. The second-order valence-corrected chi connectivity index (χ2v) is 7.72. The summed E-state index contributed by atoms with van der Waals surface area (Å²) in [5, 5.41) is 5.88. The largest absolute Gasteiger partial charge is 0.352 e. The van der Waals surface area contributed by atoms with Gasteiger partial charge in [-0.05, 0) is 6.42 Å². The van der Waals surface area contributed by atoms with Crippen LogP contribution < -0.4 is 10.6 Å². The Hall–Kier alpha value is -1.15. The lowest BCUT2D eigenvalue weighted by atomic mass is 10.2. The van der Waals surface area contributed by atoms with Gasteiger partial charge in [0.25, 0.3) is 0 Å². The molecule has 2 saturated heterocycles. The monoisotopic (exact) mass is 303 g/mol. The number of hydrogen-bond donors (Lipinski definition) is 2. The van der Waals surface area contributed by atoms with E-state index in [1.54, 1.807) is 4.90 Å². The zero-order valence-corrected chi connectivity index (χ0v) is 12.4. The highest BCUT2D eigenvalue weighted by molar-refractivity contribution is 7.91. The second kappa shape index (κ2) is 6.09. The van der Waals surface area contributed by atoms with Crippen LogP contribution in [0.5, 0.6) is 0 Å². The molecule has 2 amide bonds. The number of sulfone groups is 1. The lowest BCUT2D eigenvalue weighted by Gasteiger charge is -2.25. The summed E-state index contributed by atoms with van der Waals surface area (Å²) in [5.74, 6) is 0.0325. The highest BCUT2D eigenvalue weighted by Crippen LogP contribution is 2.13. The molecule has 0 aromatic carbocycles. The topological polar surface area (TPSA) is 95.6 Å². The minimum absolute atomic E-state index is 0.0134. The van der Waals surface area contributed by atoms with Crippen LogP contribution in [0.15, 0.2) is 0 Å². The van der Waals surface area contributed by atoms with E-state index in [4.69, 9.17) is 0 Å². The molecule has 2 rings (SSSR count). The minimum atomic E-state index is -3.02. The molecule has 114 valence electrons. The van der Waals surface area contributed by atoms with E-state index in [0.29, 0.717) is 19.6 Å². The summed E-state index contributed by atoms with van der Waals surface area (Å²) in [5.41, 5.74) is 0. The maximum Gasteiger partial charge on any atom is 0.224 e. The van der Waals surface area contributed by atoms with Crippen LogP contribution in [0, 0.1) is 0 Å². The van der Waals surface area contributed by atoms with E-state index in [0.717, 1.165) is 6.42 Å². The molecule has 0 aromatic rings. The Bertz CT molecular complexity index is 491. The summed E-state index contributed by atoms with van der Waals surface area (Å²) >= 11 is 0. The number of nitrogens with zero attached hydrogens (tertiary/aromatic N) is 1. The molecule has 20 heavy (non-hydrogen) atoms. The van der Waals surface area contributed by atoms with Gasteiger partial charge < -0.3 is 15.5 Å². The van der Waals surface area contributed by atoms with E-state index in [2.05, 4.69) is 10.6 Å². The van der Waals surface area contributed by atoms with E-state index in [-0.39, 0.29) is 41.8 Å². The van der Waals surface area contributed by atoms with Crippen molar-refractivity contribution in [2.45, 2.75) is 31.8 Å². The summed E-state index contributed by atoms with van der Waals surface area (Å²) < 4.78 is 23.0. The fourth-order valence-electron chi connectivity index (χ4n) is 2.73. The normalized spacial score (nSPS) is 29.1. The Labute approximate surface area is 119 Å². The molecular formula is C12H21N3O4S. The van der Waals surface area contributed by atoms with Crippen molar-refractivity contribution < 1.29 is 18.0 Å². The Morgan fingerprint density at radius 1 is 1.40 bits per heavy atom. The number of carbonyl (C=O) groups is 2. The van der Waals surface area contributed by atoms with Crippen LogP contribution in [0.4, 0.5) is 0 Å². The van der Waals surface area contributed by atoms with E-state index in [1.807, 2.05) is 0 Å². The zero-order valence-electron chi connectivity index (χ0n) is 11.6.